The molecule has 0 aliphatic carbocycles. The van der Waals surface area contributed by atoms with Crippen LogP contribution in [0.2, 0.25) is 0 Å². The number of carbonyl (C=O) groups is 1. The first-order chi connectivity index (χ1) is 5.00. The van der Waals surface area contributed by atoms with Crippen LogP contribution in [0.4, 0.5) is 8.78 Å². The molecule has 3 nitrogen and oxygen atoms in total. The number of carboxylic acids is 1. The number of aliphatic carboxylic acids is 1. The van der Waals surface area contributed by atoms with Gasteiger partial charge in [-0.2, -0.15) is 8.78 Å². The van der Waals surface area contributed by atoms with E-state index in [0.717, 1.165) is 0 Å². The van der Waals surface area contributed by atoms with Crippen LogP contribution in [0.3, 0.4) is 0 Å². The summed E-state index contributed by atoms with van der Waals surface area (Å²) < 4.78 is 28.3. The van der Waals surface area contributed by atoms with Crippen LogP contribution in [0.1, 0.15) is 0 Å². The average molecular weight is 164 g/mol. The number of hydrogen-bond acceptors (Lipinski definition) is 2. The maximum absolute atomic E-state index is 12.1. The summed E-state index contributed by atoms with van der Waals surface area (Å²) in [6, 6.07) is 0. The molecule has 0 rings (SSSR count). The predicted octanol–water partition coefficient (Wildman–Crippen LogP) is 0.356. The van der Waals surface area contributed by atoms with E-state index in [1.807, 2.05) is 5.92 Å². The quantitative estimate of drug-likeness (QED) is 0.482. The number of carboxylic acid groups (broad SMARTS) is 1. The normalized spacial score (nSPS) is 10.6. The minimum absolute atomic E-state index is 0.317. The fourth-order valence-corrected chi connectivity index (χ4v) is 0.300. The van der Waals surface area contributed by atoms with E-state index >= 15 is 0 Å². The Bertz CT molecular complexity index is 183. The highest BCUT2D eigenvalue weighted by molar-refractivity contribution is 5.75. The molecule has 62 valence electrons. The first kappa shape index (κ1) is 9.85. The van der Waals surface area contributed by atoms with Gasteiger partial charge < -0.3 is 9.84 Å². The lowest BCUT2D eigenvalue weighted by Crippen LogP contribution is -2.33. The van der Waals surface area contributed by atoms with E-state index in [9.17, 15) is 13.6 Å². The topological polar surface area (TPSA) is 46.5 Å². The molecule has 0 saturated heterocycles. The van der Waals surface area contributed by atoms with E-state index in [1.54, 1.807) is 0 Å². The third-order valence-corrected chi connectivity index (χ3v) is 0.782. The maximum atomic E-state index is 12.1. The van der Waals surface area contributed by atoms with Gasteiger partial charge in [0.15, 0.2) is 0 Å². The third-order valence-electron chi connectivity index (χ3n) is 0.782. The summed E-state index contributed by atoms with van der Waals surface area (Å²) in [5, 5.41) is 7.86. The van der Waals surface area contributed by atoms with Gasteiger partial charge in [-0.3, -0.25) is 0 Å². The Morgan fingerprint density at radius 2 is 2.27 bits per heavy atom. The van der Waals surface area contributed by atoms with Crippen LogP contribution in [-0.2, 0) is 9.53 Å². The summed E-state index contributed by atoms with van der Waals surface area (Å²) in [5.41, 5.74) is 0. The molecule has 0 aromatic heterocycles. The maximum Gasteiger partial charge on any atom is 0.377 e. The molecule has 0 radical (unpaired) electrons. The number of hydrogen-bond donors (Lipinski definition) is 1. The fourth-order valence-electron chi connectivity index (χ4n) is 0.300. The Morgan fingerprint density at radius 1 is 1.73 bits per heavy atom. The third kappa shape index (κ3) is 3.53. The summed E-state index contributed by atoms with van der Waals surface area (Å²) in [4.78, 5) is 9.73. The second-order valence-corrected chi connectivity index (χ2v) is 1.71. The van der Waals surface area contributed by atoms with Crippen LogP contribution < -0.4 is 0 Å². The molecule has 0 saturated carbocycles. The summed E-state index contributed by atoms with van der Waals surface area (Å²) in [6.07, 6.45) is 4.67. The molecule has 0 aliphatic rings. The molecule has 0 amide bonds. The molecule has 0 aromatic carbocycles. The zero-order chi connectivity index (χ0) is 8.91. The summed E-state index contributed by atoms with van der Waals surface area (Å²) in [5.74, 6) is -4.13. The highest BCUT2D eigenvalue weighted by Gasteiger charge is 2.38. The molecule has 5 heteroatoms. The van der Waals surface area contributed by atoms with Gasteiger partial charge in [-0.15, -0.1) is 6.42 Å². The van der Waals surface area contributed by atoms with Crippen molar-refractivity contribution in [1.82, 2.24) is 0 Å². The predicted molar refractivity (Wildman–Crippen MR) is 32.2 cm³/mol. The lowest BCUT2D eigenvalue weighted by Gasteiger charge is -2.09. The number of terminal acetylenes is 1. The molecule has 0 bridgehead atoms. The molecule has 0 spiro atoms. The van der Waals surface area contributed by atoms with Crippen molar-refractivity contribution in [3.05, 3.63) is 0 Å². The van der Waals surface area contributed by atoms with Gasteiger partial charge >= 0.3 is 11.9 Å². The van der Waals surface area contributed by atoms with Gasteiger partial charge in [0, 0.05) is 0 Å². The second kappa shape index (κ2) is 3.88. The van der Waals surface area contributed by atoms with Gasteiger partial charge in [-0.05, 0) is 0 Å². The molecule has 0 fully saturated rings. The Kier molecular flexibility index (Phi) is 3.48. The molecule has 11 heavy (non-hydrogen) atoms. The van der Waals surface area contributed by atoms with Crippen molar-refractivity contribution in [1.29, 1.82) is 0 Å². The van der Waals surface area contributed by atoms with Gasteiger partial charge in [0.05, 0.1) is 0 Å². The smallest absolute Gasteiger partial charge is 0.377 e. The Morgan fingerprint density at radius 3 is 2.64 bits per heavy atom. The Balaban J connectivity index is 3.75. The number of alkyl halides is 2. The zero-order valence-electron chi connectivity index (χ0n) is 5.51. The second-order valence-electron chi connectivity index (χ2n) is 1.71. The Labute approximate surface area is 62.0 Å². The first-order valence-electron chi connectivity index (χ1n) is 2.63. The molecule has 1 N–H and O–H groups in total. The molecule has 0 aliphatic heterocycles. The molecule has 0 atom stereocenters. The van der Waals surface area contributed by atoms with E-state index in [4.69, 9.17) is 5.11 Å². The summed E-state index contributed by atoms with van der Waals surface area (Å²) in [7, 11) is 0. The van der Waals surface area contributed by atoms with Crippen LogP contribution >= 0.6 is 0 Å². The summed E-state index contributed by atoms with van der Waals surface area (Å²) in [6.45, 7) is -1.50. The standard InChI is InChI=1S/C6H6F2O3/c1-2-3-11-4-6(7,8)5(9)10/h1H,3-4H2,(H,9,10). The lowest BCUT2D eigenvalue weighted by atomic mass is 10.4. The largest absolute Gasteiger partial charge is 0.477 e. The van der Waals surface area contributed by atoms with Gasteiger partial charge in [0.2, 0.25) is 0 Å². The van der Waals surface area contributed by atoms with Crippen molar-refractivity contribution in [2.75, 3.05) is 13.2 Å². The highest BCUT2D eigenvalue weighted by Crippen LogP contribution is 2.13. The molecule has 0 unspecified atom stereocenters. The highest BCUT2D eigenvalue weighted by atomic mass is 19.3. The molecule has 0 heterocycles. The Hall–Kier alpha value is -1.15. The zero-order valence-corrected chi connectivity index (χ0v) is 5.51. The first-order valence-corrected chi connectivity index (χ1v) is 2.63. The number of halogens is 2. The van der Waals surface area contributed by atoms with Crippen molar-refractivity contribution in [2.24, 2.45) is 0 Å². The van der Waals surface area contributed by atoms with Gasteiger partial charge in [0.1, 0.15) is 13.2 Å². The van der Waals surface area contributed by atoms with E-state index in [0.29, 0.717) is 0 Å². The van der Waals surface area contributed by atoms with Gasteiger partial charge in [0.25, 0.3) is 0 Å². The number of rotatable bonds is 4. The van der Waals surface area contributed by atoms with Crippen LogP contribution in [0, 0.1) is 12.3 Å². The minimum atomic E-state index is -3.85. The van der Waals surface area contributed by atoms with Crippen molar-refractivity contribution in [2.45, 2.75) is 5.92 Å². The average Bonchev–Trinajstić information content (AvgIpc) is 1.88. The van der Waals surface area contributed by atoms with Crippen LogP contribution in [0.5, 0.6) is 0 Å². The fraction of sp³-hybridized carbons (Fsp3) is 0.500. The van der Waals surface area contributed by atoms with Crippen molar-refractivity contribution in [3.63, 3.8) is 0 Å². The monoisotopic (exact) mass is 164 g/mol. The van der Waals surface area contributed by atoms with E-state index in [-0.39, 0.29) is 6.61 Å². The SMILES string of the molecule is C#CCOCC(F)(F)C(=O)O. The van der Waals surface area contributed by atoms with Gasteiger partial charge in [-0.25, -0.2) is 4.79 Å². The van der Waals surface area contributed by atoms with E-state index in [1.165, 1.54) is 0 Å². The van der Waals surface area contributed by atoms with Crippen molar-refractivity contribution in [3.8, 4) is 12.3 Å². The van der Waals surface area contributed by atoms with Crippen molar-refractivity contribution < 1.29 is 23.4 Å². The van der Waals surface area contributed by atoms with Crippen LogP contribution in [0.25, 0.3) is 0 Å². The summed E-state index contributed by atoms with van der Waals surface area (Å²) >= 11 is 0. The van der Waals surface area contributed by atoms with Crippen LogP contribution in [-0.4, -0.2) is 30.2 Å². The molecular weight excluding hydrogens is 158 g/mol. The van der Waals surface area contributed by atoms with Gasteiger partial charge in [-0.1, -0.05) is 5.92 Å². The molecular formula is C6H6F2O3. The van der Waals surface area contributed by atoms with E-state index in [2.05, 4.69) is 11.2 Å². The van der Waals surface area contributed by atoms with Crippen molar-refractivity contribution >= 4 is 5.97 Å². The molecule has 0 aromatic rings. The minimum Gasteiger partial charge on any atom is -0.477 e. The van der Waals surface area contributed by atoms with Crippen LogP contribution in [0.15, 0.2) is 0 Å². The van der Waals surface area contributed by atoms with E-state index < -0.39 is 18.5 Å². The lowest BCUT2D eigenvalue weighted by molar-refractivity contribution is -0.172. The number of ether oxygens (including phenoxy) is 1.